The molecular weight excluding hydrogens is 250 g/mol. The Hall–Kier alpha value is -0.120. The second kappa shape index (κ2) is 15.3. The zero-order valence-corrected chi connectivity index (χ0v) is 14.0. The Kier molecular flexibility index (Phi) is 15.2. The molecule has 3 heteroatoms. The quantitative estimate of drug-likeness (QED) is 0.449. The van der Waals surface area contributed by atoms with E-state index in [2.05, 4.69) is 26.1 Å². The molecule has 0 aliphatic heterocycles. The number of unbranched alkanes of at least 4 members (excludes halogenated alkanes) is 8. The SMILES string of the molecule is CCCCCCCCCCCOCC(O)CNC(C)C. The molecule has 0 amide bonds. The van der Waals surface area contributed by atoms with Crippen molar-refractivity contribution in [2.45, 2.75) is 90.7 Å². The fourth-order valence-electron chi connectivity index (χ4n) is 2.16. The van der Waals surface area contributed by atoms with Gasteiger partial charge < -0.3 is 15.2 Å². The van der Waals surface area contributed by atoms with Gasteiger partial charge in [-0.05, 0) is 6.42 Å². The average Bonchev–Trinajstić information content (AvgIpc) is 2.42. The number of rotatable bonds is 15. The zero-order valence-electron chi connectivity index (χ0n) is 14.0. The van der Waals surface area contributed by atoms with E-state index >= 15 is 0 Å². The fourth-order valence-corrected chi connectivity index (χ4v) is 2.16. The molecule has 0 aromatic rings. The van der Waals surface area contributed by atoms with Crippen LogP contribution in [0.3, 0.4) is 0 Å². The Morgan fingerprint density at radius 1 is 0.900 bits per heavy atom. The summed E-state index contributed by atoms with van der Waals surface area (Å²) >= 11 is 0. The lowest BCUT2D eigenvalue weighted by Gasteiger charge is -2.14. The Morgan fingerprint density at radius 2 is 1.45 bits per heavy atom. The van der Waals surface area contributed by atoms with E-state index in [0.29, 0.717) is 19.2 Å². The molecule has 0 aliphatic carbocycles. The molecule has 0 aromatic heterocycles. The Morgan fingerprint density at radius 3 is 2.00 bits per heavy atom. The average molecular weight is 287 g/mol. The number of aliphatic hydroxyl groups is 1. The van der Waals surface area contributed by atoms with Crippen LogP contribution in [0.4, 0.5) is 0 Å². The molecule has 0 rings (SSSR count). The summed E-state index contributed by atoms with van der Waals surface area (Å²) in [6, 6.07) is 0.418. The summed E-state index contributed by atoms with van der Waals surface area (Å²) in [4.78, 5) is 0. The van der Waals surface area contributed by atoms with Gasteiger partial charge in [0, 0.05) is 19.2 Å². The van der Waals surface area contributed by atoms with Crippen molar-refractivity contribution in [1.82, 2.24) is 5.32 Å². The summed E-state index contributed by atoms with van der Waals surface area (Å²) in [5.41, 5.74) is 0. The van der Waals surface area contributed by atoms with Crippen LogP contribution in [0.15, 0.2) is 0 Å². The molecule has 0 fully saturated rings. The van der Waals surface area contributed by atoms with Crippen molar-refractivity contribution in [3.8, 4) is 0 Å². The van der Waals surface area contributed by atoms with Crippen LogP contribution in [0.1, 0.15) is 78.6 Å². The lowest BCUT2D eigenvalue weighted by Crippen LogP contribution is -2.34. The molecule has 0 saturated heterocycles. The molecule has 0 aromatic carbocycles. The molecule has 0 bridgehead atoms. The highest BCUT2D eigenvalue weighted by atomic mass is 16.5. The number of hydrogen-bond donors (Lipinski definition) is 2. The van der Waals surface area contributed by atoms with E-state index in [1.807, 2.05) is 0 Å². The van der Waals surface area contributed by atoms with E-state index in [-0.39, 0.29) is 6.10 Å². The summed E-state index contributed by atoms with van der Waals surface area (Å²) in [5.74, 6) is 0. The van der Waals surface area contributed by atoms with E-state index in [0.717, 1.165) is 13.0 Å². The van der Waals surface area contributed by atoms with Crippen LogP contribution in [0.2, 0.25) is 0 Å². The van der Waals surface area contributed by atoms with Crippen molar-refractivity contribution in [2.24, 2.45) is 0 Å². The predicted octanol–water partition coefficient (Wildman–Crippen LogP) is 3.89. The Balaban J connectivity index is 3.09. The van der Waals surface area contributed by atoms with Crippen LogP contribution in [0.25, 0.3) is 0 Å². The summed E-state index contributed by atoms with van der Waals surface area (Å²) < 4.78 is 5.50. The molecule has 1 atom stereocenters. The molecule has 122 valence electrons. The summed E-state index contributed by atoms with van der Waals surface area (Å²) in [7, 11) is 0. The molecule has 0 aliphatic rings. The number of ether oxygens (including phenoxy) is 1. The largest absolute Gasteiger partial charge is 0.389 e. The van der Waals surface area contributed by atoms with Crippen molar-refractivity contribution >= 4 is 0 Å². The Labute approximate surface area is 126 Å². The highest BCUT2D eigenvalue weighted by Crippen LogP contribution is 2.09. The predicted molar refractivity (Wildman–Crippen MR) is 87.2 cm³/mol. The maximum atomic E-state index is 9.65. The van der Waals surface area contributed by atoms with Crippen LogP contribution < -0.4 is 5.32 Å². The topological polar surface area (TPSA) is 41.5 Å². The first-order valence-electron chi connectivity index (χ1n) is 8.66. The van der Waals surface area contributed by atoms with E-state index in [9.17, 15) is 5.11 Å². The standard InChI is InChI=1S/C17H37NO2/c1-4-5-6-7-8-9-10-11-12-13-20-15-17(19)14-18-16(2)3/h16-19H,4-15H2,1-3H3. The number of nitrogens with one attached hydrogen (secondary N) is 1. The molecule has 2 N–H and O–H groups in total. The van der Waals surface area contributed by atoms with E-state index < -0.39 is 0 Å². The maximum Gasteiger partial charge on any atom is 0.0897 e. The van der Waals surface area contributed by atoms with Gasteiger partial charge in [0.1, 0.15) is 0 Å². The van der Waals surface area contributed by atoms with Gasteiger partial charge >= 0.3 is 0 Å². The first-order valence-corrected chi connectivity index (χ1v) is 8.66. The fraction of sp³-hybridized carbons (Fsp3) is 1.00. The third kappa shape index (κ3) is 15.9. The maximum absolute atomic E-state index is 9.65. The summed E-state index contributed by atoms with van der Waals surface area (Å²) in [5, 5.41) is 12.9. The third-order valence-electron chi connectivity index (χ3n) is 3.46. The summed E-state index contributed by atoms with van der Waals surface area (Å²) in [6.07, 6.45) is 11.6. The first kappa shape index (κ1) is 19.9. The molecule has 0 spiro atoms. The highest BCUT2D eigenvalue weighted by Gasteiger charge is 2.04. The third-order valence-corrected chi connectivity index (χ3v) is 3.46. The van der Waals surface area contributed by atoms with Crippen molar-refractivity contribution in [3.05, 3.63) is 0 Å². The molecule has 0 saturated carbocycles. The Bertz CT molecular complexity index is 186. The van der Waals surface area contributed by atoms with Crippen LogP contribution in [0, 0.1) is 0 Å². The lowest BCUT2D eigenvalue weighted by molar-refractivity contribution is 0.0346. The monoisotopic (exact) mass is 287 g/mol. The van der Waals surface area contributed by atoms with Crippen molar-refractivity contribution in [3.63, 3.8) is 0 Å². The van der Waals surface area contributed by atoms with Gasteiger partial charge in [-0.15, -0.1) is 0 Å². The molecule has 0 radical (unpaired) electrons. The second-order valence-corrected chi connectivity index (χ2v) is 6.12. The van der Waals surface area contributed by atoms with Gasteiger partial charge in [0.05, 0.1) is 12.7 Å². The normalized spacial score (nSPS) is 13.1. The van der Waals surface area contributed by atoms with Gasteiger partial charge in [-0.1, -0.05) is 72.1 Å². The molecule has 3 nitrogen and oxygen atoms in total. The zero-order chi connectivity index (χ0) is 15.1. The van der Waals surface area contributed by atoms with Gasteiger partial charge in [0.25, 0.3) is 0 Å². The van der Waals surface area contributed by atoms with Gasteiger partial charge in [0.2, 0.25) is 0 Å². The molecular formula is C17H37NO2. The minimum absolute atomic E-state index is 0.379. The summed E-state index contributed by atoms with van der Waals surface area (Å²) in [6.45, 7) is 8.28. The van der Waals surface area contributed by atoms with Crippen LogP contribution in [-0.2, 0) is 4.74 Å². The van der Waals surface area contributed by atoms with Gasteiger partial charge in [-0.3, -0.25) is 0 Å². The van der Waals surface area contributed by atoms with Crippen LogP contribution in [-0.4, -0.2) is 37.0 Å². The molecule has 20 heavy (non-hydrogen) atoms. The van der Waals surface area contributed by atoms with Gasteiger partial charge in [-0.25, -0.2) is 0 Å². The van der Waals surface area contributed by atoms with E-state index in [1.54, 1.807) is 0 Å². The van der Waals surface area contributed by atoms with Crippen molar-refractivity contribution < 1.29 is 9.84 Å². The number of hydrogen-bond acceptors (Lipinski definition) is 3. The van der Waals surface area contributed by atoms with Crippen LogP contribution in [0.5, 0.6) is 0 Å². The van der Waals surface area contributed by atoms with E-state index in [4.69, 9.17) is 4.74 Å². The lowest BCUT2D eigenvalue weighted by atomic mass is 10.1. The molecule has 1 unspecified atom stereocenters. The first-order chi connectivity index (χ1) is 9.66. The number of aliphatic hydroxyl groups excluding tert-OH is 1. The minimum atomic E-state index is -0.379. The minimum Gasteiger partial charge on any atom is -0.389 e. The van der Waals surface area contributed by atoms with Gasteiger partial charge in [0.15, 0.2) is 0 Å². The van der Waals surface area contributed by atoms with Crippen molar-refractivity contribution in [2.75, 3.05) is 19.8 Å². The van der Waals surface area contributed by atoms with Crippen molar-refractivity contribution in [1.29, 1.82) is 0 Å². The van der Waals surface area contributed by atoms with Crippen LogP contribution >= 0.6 is 0 Å². The smallest absolute Gasteiger partial charge is 0.0897 e. The van der Waals surface area contributed by atoms with Gasteiger partial charge in [-0.2, -0.15) is 0 Å². The molecule has 0 heterocycles. The second-order valence-electron chi connectivity index (χ2n) is 6.12. The van der Waals surface area contributed by atoms with E-state index in [1.165, 1.54) is 51.4 Å². The highest BCUT2D eigenvalue weighted by molar-refractivity contribution is 4.60.